The predicted molar refractivity (Wildman–Crippen MR) is 201 cm³/mol. The van der Waals surface area contributed by atoms with E-state index in [9.17, 15) is 5.26 Å². The van der Waals surface area contributed by atoms with Gasteiger partial charge in [0.25, 0.3) is 0 Å². The molecule has 0 radical (unpaired) electrons. The van der Waals surface area contributed by atoms with Crippen LogP contribution in [0.5, 0.6) is 0 Å². The van der Waals surface area contributed by atoms with E-state index in [0.29, 0.717) is 11.3 Å². The Kier molecular flexibility index (Phi) is 7.27. The monoisotopic (exact) mass is 627 g/mol. The van der Waals surface area contributed by atoms with Crippen LogP contribution in [0.1, 0.15) is 5.56 Å². The average Bonchev–Trinajstić information content (AvgIpc) is 3.50. The van der Waals surface area contributed by atoms with Gasteiger partial charge in [-0.25, -0.2) is 4.85 Å². The maximum absolute atomic E-state index is 9.52. The Bertz CT molecular complexity index is 2460. The molecule has 0 spiro atoms. The van der Waals surface area contributed by atoms with Crippen molar-refractivity contribution in [3.05, 3.63) is 193 Å². The highest BCUT2D eigenvalue weighted by molar-refractivity contribution is 7.19. The number of benzene rings is 7. The van der Waals surface area contributed by atoms with Crippen molar-refractivity contribution in [2.24, 2.45) is 0 Å². The van der Waals surface area contributed by atoms with Gasteiger partial charge < -0.3 is 4.57 Å². The summed E-state index contributed by atoms with van der Waals surface area (Å²) in [7, 11) is -2.74. The predicted octanol–water partition coefficient (Wildman–Crippen LogP) is 8.25. The van der Waals surface area contributed by atoms with E-state index in [4.69, 9.17) is 6.57 Å². The first-order valence-electron chi connectivity index (χ1n) is 15.9. The van der Waals surface area contributed by atoms with E-state index in [2.05, 4.69) is 155 Å². The van der Waals surface area contributed by atoms with Gasteiger partial charge >= 0.3 is 0 Å². The molecule has 0 fully saturated rings. The number of nitriles is 1. The standard InChI is InChI=1S/C44H29N3Si/c1-46-35-11-10-16-40(30-35)48(37-12-4-2-5-13-37,38-14-6-3-7-15-38)39-26-22-34(23-27-39)33-20-24-36(25-21-33)47-43-18-9-8-17-41(43)42-29-32(31-45)19-28-44(42)47/h2-30H. The Morgan fingerprint density at radius 2 is 1.06 bits per heavy atom. The van der Waals surface area contributed by atoms with Crippen LogP contribution in [0.4, 0.5) is 5.69 Å². The number of hydrogen-bond donors (Lipinski definition) is 0. The number of nitrogens with zero attached hydrogens (tertiary/aromatic N) is 3. The molecule has 48 heavy (non-hydrogen) atoms. The molecule has 0 aliphatic heterocycles. The fourth-order valence-electron chi connectivity index (χ4n) is 7.22. The van der Waals surface area contributed by atoms with E-state index < -0.39 is 8.07 Å². The van der Waals surface area contributed by atoms with Gasteiger partial charge in [-0.05, 0) is 63.1 Å². The summed E-state index contributed by atoms with van der Waals surface area (Å²) >= 11 is 0. The Morgan fingerprint density at radius 3 is 1.71 bits per heavy atom. The van der Waals surface area contributed by atoms with Crippen molar-refractivity contribution < 1.29 is 0 Å². The largest absolute Gasteiger partial charge is 0.309 e. The van der Waals surface area contributed by atoms with E-state index in [1.54, 1.807) is 0 Å². The van der Waals surface area contributed by atoms with Crippen molar-refractivity contribution in [3.8, 4) is 22.9 Å². The second kappa shape index (κ2) is 12.0. The van der Waals surface area contributed by atoms with E-state index in [0.717, 1.165) is 38.6 Å². The highest BCUT2D eigenvalue weighted by Crippen LogP contribution is 2.33. The summed E-state index contributed by atoms with van der Waals surface area (Å²) in [5.41, 5.74) is 6.87. The zero-order valence-corrected chi connectivity index (χ0v) is 27.1. The van der Waals surface area contributed by atoms with E-state index >= 15 is 0 Å². The van der Waals surface area contributed by atoms with E-state index in [1.807, 2.05) is 36.4 Å². The lowest BCUT2D eigenvalue weighted by Crippen LogP contribution is -2.74. The summed E-state index contributed by atoms with van der Waals surface area (Å²) < 4.78 is 2.27. The Morgan fingerprint density at radius 1 is 0.500 bits per heavy atom. The van der Waals surface area contributed by atoms with Crippen molar-refractivity contribution in [1.82, 2.24) is 4.57 Å². The SMILES string of the molecule is [C-]#[N+]c1cccc([Si](c2ccccc2)(c2ccccc2)c2ccc(-c3ccc(-n4c5ccccc5c5cc(C#N)ccc54)cc3)cc2)c1. The molecule has 1 aromatic heterocycles. The quantitative estimate of drug-likeness (QED) is 0.104. The number of rotatable bonds is 6. The third-order valence-corrected chi connectivity index (χ3v) is 14.2. The lowest BCUT2D eigenvalue weighted by Gasteiger charge is -2.34. The molecule has 1 heterocycles. The smallest absolute Gasteiger partial charge is 0.187 e. The van der Waals surface area contributed by atoms with Gasteiger partial charge in [0, 0.05) is 16.5 Å². The Hall–Kier alpha value is -6.46. The van der Waals surface area contributed by atoms with Crippen molar-refractivity contribution in [1.29, 1.82) is 5.26 Å². The molecule has 7 aromatic carbocycles. The lowest BCUT2D eigenvalue weighted by molar-refractivity contribution is 1.18. The van der Waals surface area contributed by atoms with Crippen LogP contribution in [-0.2, 0) is 0 Å². The first-order valence-corrected chi connectivity index (χ1v) is 17.9. The van der Waals surface area contributed by atoms with Crippen molar-refractivity contribution >= 4 is 56.3 Å². The Labute approximate surface area is 281 Å². The number of aromatic nitrogens is 1. The summed E-state index contributed by atoms with van der Waals surface area (Å²) in [5.74, 6) is 0. The molecule has 8 aromatic rings. The highest BCUT2D eigenvalue weighted by atomic mass is 28.3. The fourth-order valence-corrected chi connectivity index (χ4v) is 12.0. The number of fused-ring (bicyclic) bond motifs is 3. The molecule has 224 valence electrons. The zero-order valence-electron chi connectivity index (χ0n) is 26.1. The highest BCUT2D eigenvalue weighted by Gasteiger charge is 2.41. The van der Waals surface area contributed by atoms with Gasteiger partial charge in [0.15, 0.2) is 13.8 Å². The van der Waals surface area contributed by atoms with Crippen LogP contribution in [0, 0.1) is 17.9 Å². The molecule has 0 aliphatic carbocycles. The summed E-state index contributed by atoms with van der Waals surface area (Å²) in [4.78, 5) is 3.80. The van der Waals surface area contributed by atoms with Gasteiger partial charge in [0.2, 0.25) is 0 Å². The molecule has 0 N–H and O–H groups in total. The second-order valence-electron chi connectivity index (χ2n) is 12.0. The Balaban J connectivity index is 1.24. The van der Waals surface area contributed by atoms with Crippen LogP contribution in [0.3, 0.4) is 0 Å². The lowest BCUT2D eigenvalue weighted by atomic mass is 10.1. The van der Waals surface area contributed by atoms with E-state index in [1.165, 1.54) is 20.7 Å². The van der Waals surface area contributed by atoms with Gasteiger partial charge in [-0.15, -0.1) is 0 Å². The summed E-state index contributed by atoms with van der Waals surface area (Å²) in [6, 6.07) is 64.1. The van der Waals surface area contributed by atoms with Crippen LogP contribution in [-0.4, -0.2) is 12.6 Å². The molecule has 0 amide bonds. The summed E-state index contributed by atoms with van der Waals surface area (Å²) in [6.45, 7) is 7.77. The van der Waals surface area contributed by atoms with E-state index in [-0.39, 0.29) is 0 Å². The van der Waals surface area contributed by atoms with Crippen LogP contribution in [0.15, 0.2) is 176 Å². The maximum atomic E-state index is 9.52. The van der Waals surface area contributed by atoms with Gasteiger partial charge in [0.05, 0.1) is 29.2 Å². The normalized spacial score (nSPS) is 11.3. The van der Waals surface area contributed by atoms with Crippen molar-refractivity contribution in [2.45, 2.75) is 0 Å². The molecular weight excluding hydrogens is 599 g/mol. The van der Waals surface area contributed by atoms with Gasteiger partial charge in [-0.1, -0.05) is 145 Å². The van der Waals surface area contributed by atoms with Crippen molar-refractivity contribution in [2.75, 3.05) is 0 Å². The van der Waals surface area contributed by atoms with Gasteiger partial charge in [-0.2, -0.15) is 5.26 Å². The van der Waals surface area contributed by atoms with Crippen LogP contribution >= 0.6 is 0 Å². The van der Waals surface area contributed by atoms with Crippen LogP contribution in [0.2, 0.25) is 0 Å². The molecule has 0 bridgehead atoms. The van der Waals surface area contributed by atoms with Crippen LogP contribution in [0.25, 0.3) is 43.5 Å². The number of para-hydroxylation sites is 1. The second-order valence-corrected chi connectivity index (χ2v) is 15.8. The topological polar surface area (TPSA) is 33.1 Å². The average molecular weight is 628 g/mol. The minimum atomic E-state index is -2.74. The first kappa shape index (κ1) is 29.0. The summed E-state index contributed by atoms with van der Waals surface area (Å²) in [5, 5.41) is 16.8. The van der Waals surface area contributed by atoms with Crippen molar-refractivity contribution in [3.63, 3.8) is 0 Å². The maximum Gasteiger partial charge on any atom is 0.187 e. The first-order chi connectivity index (χ1) is 23.7. The fraction of sp³-hybridized carbons (Fsp3) is 0. The third-order valence-electron chi connectivity index (χ3n) is 9.40. The van der Waals surface area contributed by atoms with Gasteiger partial charge in [0.1, 0.15) is 0 Å². The number of hydrogen-bond acceptors (Lipinski definition) is 1. The molecular formula is C44H29N3Si. The molecule has 0 unspecified atom stereocenters. The molecule has 4 heteroatoms. The zero-order chi connectivity index (χ0) is 32.5. The summed E-state index contributed by atoms with van der Waals surface area (Å²) in [6.07, 6.45) is 0. The molecule has 0 atom stereocenters. The minimum absolute atomic E-state index is 0.654. The molecule has 0 aliphatic rings. The molecule has 3 nitrogen and oxygen atoms in total. The molecule has 0 saturated heterocycles. The van der Waals surface area contributed by atoms with Gasteiger partial charge in [-0.3, -0.25) is 0 Å². The molecule has 0 saturated carbocycles. The minimum Gasteiger partial charge on any atom is -0.309 e. The third kappa shape index (κ3) is 4.72. The van der Waals surface area contributed by atoms with Crippen LogP contribution < -0.4 is 20.7 Å². The molecule has 8 rings (SSSR count).